The number of benzene rings is 1. The van der Waals surface area contributed by atoms with Crippen molar-refractivity contribution in [2.75, 3.05) is 31.6 Å². The van der Waals surface area contributed by atoms with E-state index in [2.05, 4.69) is 20.4 Å². The minimum absolute atomic E-state index is 0.0520. The predicted octanol–water partition coefficient (Wildman–Crippen LogP) is 3.45. The fourth-order valence-corrected chi connectivity index (χ4v) is 8.08. The Morgan fingerprint density at radius 3 is 2.52 bits per heavy atom. The van der Waals surface area contributed by atoms with Gasteiger partial charge in [0.05, 0.1) is 16.2 Å². The van der Waals surface area contributed by atoms with Gasteiger partial charge in [-0.25, -0.2) is 13.4 Å². The van der Waals surface area contributed by atoms with E-state index in [1.54, 1.807) is 25.3 Å². The van der Waals surface area contributed by atoms with Gasteiger partial charge in [0, 0.05) is 68.8 Å². The molecule has 0 spiro atoms. The number of carbonyl (C=O) groups is 2. The number of hydrogen-bond donors (Lipinski definition) is 1. The molecule has 1 aromatic carbocycles. The second kappa shape index (κ2) is 13.2. The van der Waals surface area contributed by atoms with Crippen LogP contribution in [0.25, 0.3) is 0 Å². The highest BCUT2D eigenvalue weighted by molar-refractivity contribution is 7.92. The molecule has 1 aliphatic heterocycles. The van der Waals surface area contributed by atoms with E-state index in [9.17, 15) is 18.0 Å². The standard InChI is InChI=1S/C29H39N5O6S2/c1-4-39-22-7-8-23(15-22)40-32-27(21-5-9-25(10-6-21)42(37,38)26-11-12-26)28(36)31-29-30-16-24(41-29)18-33-13-14-34(20(3)35)19(2)17-33/h5-6,9-10,16,19,22-23,26H,4,7-8,11-15,17-18H2,1-3H3,(H,30,31,36)/t19-,22+,23+/m0/s1. The normalized spacial score (nSPS) is 23.6. The third kappa shape index (κ3) is 7.36. The molecular weight excluding hydrogens is 578 g/mol. The molecule has 1 saturated heterocycles. The summed E-state index contributed by atoms with van der Waals surface area (Å²) in [4.78, 5) is 40.9. The van der Waals surface area contributed by atoms with Gasteiger partial charge in [-0.05, 0) is 51.7 Å². The van der Waals surface area contributed by atoms with Crippen molar-refractivity contribution >= 4 is 43.8 Å². The second-order valence-corrected chi connectivity index (χ2v) is 14.6. The number of nitrogens with zero attached hydrogens (tertiary/aromatic N) is 4. The molecule has 0 bridgehead atoms. The van der Waals surface area contributed by atoms with Crippen LogP contribution in [0.4, 0.5) is 5.13 Å². The molecule has 2 aromatic rings. The number of amides is 2. The van der Waals surface area contributed by atoms with Crippen LogP contribution in [0.2, 0.25) is 0 Å². The minimum atomic E-state index is -3.35. The first kappa shape index (κ1) is 30.6. The third-order valence-electron chi connectivity index (χ3n) is 7.94. The van der Waals surface area contributed by atoms with Crippen LogP contribution in [0.15, 0.2) is 40.5 Å². The van der Waals surface area contributed by atoms with Crippen LogP contribution in [0, 0.1) is 0 Å². The molecule has 5 rings (SSSR count). The molecule has 0 unspecified atom stereocenters. The Kier molecular flexibility index (Phi) is 9.60. The second-order valence-electron chi connectivity index (χ2n) is 11.2. The first-order chi connectivity index (χ1) is 20.1. The van der Waals surface area contributed by atoms with E-state index in [0.29, 0.717) is 49.7 Å². The summed E-state index contributed by atoms with van der Waals surface area (Å²) >= 11 is 1.38. The Bertz CT molecular complexity index is 1410. The molecule has 1 aromatic heterocycles. The number of aromatic nitrogens is 1. The van der Waals surface area contributed by atoms with Gasteiger partial charge < -0.3 is 14.5 Å². The molecule has 228 valence electrons. The minimum Gasteiger partial charge on any atom is -0.392 e. The van der Waals surface area contributed by atoms with E-state index in [4.69, 9.17) is 9.57 Å². The summed E-state index contributed by atoms with van der Waals surface area (Å²) in [5.41, 5.74) is 0.506. The molecule has 3 aliphatic rings. The molecule has 1 N–H and O–H groups in total. The summed E-state index contributed by atoms with van der Waals surface area (Å²) in [5, 5.41) is 7.24. The number of rotatable bonds is 11. The molecule has 2 aliphatic carbocycles. The smallest absolute Gasteiger partial charge is 0.280 e. The lowest BCUT2D eigenvalue weighted by molar-refractivity contribution is -0.133. The Balaban J connectivity index is 1.27. The van der Waals surface area contributed by atoms with Crippen molar-refractivity contribution in [2.24, 2.45) is 5.16 Å². The fourth-order valence-electron chi connectivity index (χ4n) is 5.57. The van der Waals surface area contributed by atoms with Gasteiger partial charge in [-0.3, -0.25) is 19.8 Å². The predicted molar refractivity (Wildman–Crippen MR) is 160 cm³/mol. The number of ether oxygens (including phenoxy) is 1. The molecule has 13 heteroatoms. The maximum Gasteiger partial charge on any atom is 0.280 e. The summed E-state index contributed by atoms with van der Waals surface area (Å²) in [6.07, 6.45) is 5.39. The van der Waals surface area contributed by atoms with Crippen molar-refractivity contribution in [3.63, 3.8) is 0 Å². The number of oxime groups is 1. The molecule has 2 amide bonds. The van der Waals surface area contributed by atoms with E-state index in [-0.39, 0.29) is 40.0 Å². The lowest BCUT2D eigenvalue weighted by Gasteiger charge is -2.39. The number of sulfone groups is 1. The van der Waals surface area contributed by atoms with E-state index >= 15 is 0 Å². The number of piperazine rings is 1. The van der Waals surface area contributed by atoms with Gasteiger partial charge in [-0.15, -0.1) is 11.3 Å². The van der Waals surface area contributed by atoms with Crippen LogP contribution in [-0.4, -0.2) is 90.5 Å². The summed E-state index contributed by atoms with van der Waals surface area (Å²) in [6.45, 7) is 9.14. The average molecular weight is 618 g/mol. The Morgan fingerprint density at radius 1 is 1.12 bits per heavy atom. The van der Waals surface area contributed by atoms with Crippen LogP contribution in [0.1, 0.15) is 63.3 Å². The Morgan fingerprint density at radius 2 is 1.86 bits per heavy atom. The summed E-state index contributed by atoms with van der Waals surface area (Å²) < 4.78 is 31.0. The molecule has 11 nitrogen and oxygen atoms in total. The summed E-state index contributed by atoms with van der Waals surface area (Å²) in [7, 11) is -3.35. The summed E-state index contributed by atoms with van der Waals surface area (Å²) in [6, 6.07) is 6.39. The largest absolute Gasteiger partial charge is 0.392 e. The molecule has 2 heterocycles. The maximum absolute atomic E-state index is 13.5. The van der Waals surface area contributed by atoms with Crippen molar-refractivity contribution in [1.29, 1.82) is 0 Å². The molecule has 3 fully saturated rings. The van der Waals surface area contributed by atoms with Crippen LogP contribution in [0.5, 0.6) is 0 Å². The maximum atomic E-state index is 13.5. The molecular formula is C29H39N5O6S2. The lowest BCUT2D eigenvalue weighted by Crippen LogP contribution is -2.52. The van der Waals surface area contributed by atoms with E-state index in [0.717, 1.165) is 30.8 Å². The number of nitrogens with one attached hydrogen (secondary N) is 1. The van der Waals surface area contributed by atoms with Crippen LogP contribution in [-0.2, 0) is 35.5 Å². The highest BCUT2D eigenvalue weighted by atomic mass is 32.2. The lowest BCUT2D eigenvalue weighted by atomic mass is 10.1. The number of thiazole rings is 1. The van der Waals surface area contributed by atoms with Gasteiger partial charge in [0.15, 0.2) is 20.7 Å². The van der Waals surface area contributed by atoms with E-state index in [1.165, 1.54) is 23.5 Å². The summed E-state index contributed by atoms with van der Waals surface area (Å²) in [5.74, 6) is -0.399. The zero-order valence-electron chi connectivity index (χ0n) is 24.3. The van der Waals surface area contributed by atoms with E-state index in [1.807, 2.05) is 18.7 Å². The van der Waals surface area contributed by atoms with E-state index < -0.39 is 15.7 Å². The monoisotopic (exact) mass is 617 g/mol. The van der Waals surface area contributed by atoms with Crippen LogP contribution >= 0.6 is 11.3 Å². The quantitative estimate of drug-likeness (QED) is 0.300. The highest BCUT2D eigenvalue weighted by Gasteiger charge is 2.37. The first-order valence-electron chi connectivity index (χ1n) is 14.6. The van der Waals surface area contributed by atoms with Crippen molar-refractivity contribution in [2.45, 2.75) is 87.8 Å². The molecule has 0 radical (unpaired) electrons. The SMILES string of the molecule is CCO[C@@H]1CC[C@@H](ON=C(C(=O)Nc2ncc(CN3CCN(C(C)=O)[C@@H](C)C3)s2)c2ccc(S(=O)(=O)C3CC3)cc2)C1. The van der Waals surface area contributed by atoms with Crippen molar-refractivity contribution < 1.29 is 27.6 Å². The molecule has 42 heavy (non-hydrogen) atoms. The Hall–Kier alpha value is -2.87. The number of carbonyl (C=O) groups excluding carboxylic acids is 2. The van der Waals surface area contributed by atoms with Gasteiger partial charge in [0.1, 0.15) is 6.10 Å². The van der Waals surface area contributed by atoms with Crippen molar-refractivity contribution in [3.8, 4) is 0 Å². The topological polar surface area (TPSA) is 130 Å². The average Bonchev–Trinajstić information content (AvgIpc) is 3.60. The zero-order valence-corrected chi connectivity index (χ0v) is 26.0. The highest BCUT2D eigenvalue weighted by Crippen LogP contribution is 2.33. The first-order valence-corrected chi connectivity index (χ1v) is 17.0. The third-order valence-corrected chi connectivity index (χ3v) is 11.1. The van der Waals surface area contributed by atoms with Crippen LogP contribution < -0.4 is 5.32 Å². The Labute approximate surface area is 251 Å². The van der Waals surface area contributed by atoms with Gasteiger partial charge in [0.25, 0.3) is 5.91 Å². The number of anilines is 1. The number of hydrogen-bond acceptors (Lipinski definition) is 10. The van der Waals surface area contributed by atoms with Crippen LogP contribution in [0.3, 0.4) is 0 Å². The molecule has 3 atom stereocenters. The van der Waals surface area contributed by atoms with Crippen molar-refractivity contribution in [3.05, 3.63) is 40.9 Å². The van der Waals surface area contributed by atoms with Crippen molar-refractivity contribution in [1.82, 2.24) is 14.8 Å². The fraction of sp³-hybridized carbons (Fsp3) is 0.586. The van der Waals surface area contributed by atoms with Gasteiger partial charge in [0.2, 0.25) is 5.91 Å². The molecule has 2 saturated carbocycles. The van der Waals surface area contributed by atoms with Gasteiger partial charge in [-0.2, -0.15) is 0 Å². The zero-order chi connectivity index (χ0) is 29.9. The van der Waals surface area contributed by atoms with Gasteiger partial charge >= 0.3 is 0 Å². The van der Waals surface area contributed by atoms with Gasteiger partial charge in [-0.1, -0.05) is 17.3 Å².